The highest BCUT2D eigenvalue weighted by Crippen LogP contribution is 1.89. The molecule has 5 nitrogen and oxygen atoms in total. The molecular formula is C4H7BN2O3. The van der Waals surface area contributed by atoms with Gasteiger partial charge in [0.15, 0.2) is 0 Å². The van der Waals surface area contributed by atoms with Crippen molar-refractivity contribution in [2.24, 2.45) is 0 Å². The zero-order valence-electron chi connectivity index (χ0n) is 5.43. The molecule has 0 radical (unpaired) electrons. The Labute approximate surface area is 58.0 Å². The molecule has 0 unspecified atom stereocenters. The van der Waals surface area contributed by atoms with Crippen molar-refractivity contribution in [1.29, 1.82) is 0 Å². The van der Waals surface area contributed by atoms with Gasteiger partial charge in [-0.1, -0.05) is 0 Å². The topological polar surface area (TPSA) is 67.5 Å². The number of nitrogens with zero attached hydrogens (tertiary/aromatic N) is 2. The van der Waals surface area contributed by atoms with E-state index in [0.29, 0.717) is 0 Å². The van der Waals surface area contributed by atoms with Crippen LogP contribution < -0.4 is 4.76 Å². The van der Waals surface area contributed by atoms with Gasteiger partial charge in [0.1, 0.15) is 6.33 Å². The van der Waals surface area contributed by atoms with Gasteiger partial charge in [0, 0.05) is 0 Å². The van der Waals surface area contributed by atoms with Gasteiger partial charge in [0.05, 0.1) is 11.9 Å². The van der Waals surface area contributed by atoms with E-state index in [0.717, 1.165) is 10.4 Å². The second kappa shape index (κ2) is 2.72. The first-order valence-electron chi connectivity index (χ1n) is 2.72. The molecule has 0 fully saturated rings. The Kier molecular flexibility index (Phi) is 1.93. The molecule has 0 saturated carbocycles. The van der Waals surface area contributed by atoms with E-state index in [2.05, 4.69) is 9.74 Å². The molecule has 0 aliphatic rings. The fourth-order valence-corrected chi connectivity index (χ4v) is 0.565. The zero-order chi connectivity index (χ0) is 7.56. The molecule has 0 spiro atoms. The summed E-state index contributed by atoms with van der Waals surface area (Å²) < 4.78 is 5.53. The molecule has 0 atom stereocenters. The number of hydrogen-bond acceptors (Lipinski definition) is 4. The highest BCUT2D eigenvalue weighted by Gasteiger charge is 2.10. The average Bonchev–Trinajstić information content (AvgIpc) is 2.13. The Morgan fingerprint density at radius 2 is 2.40 bits per heavy atom. The normalized spacial score (nSPS) is 9.50. The minimum Gasteiger partial charge on any atom is -0.420 e. The van der Waals surface area contributed by atoms with E-state index in [9.17, 15) is 0 Å². The van der Waals surface area contributed by atoms with Gasteiger partial charge in [-0.3, -0.25) is 0 Å². The van der Waals surface area contributed by atoms with E-state index < -0.39 is 7.32 Å². The second-order valence-corrected chi connectivity index (χ2v) is 1.81. The molecule has 54 valence electrons. The number of aryl methyl sites for hydroxylation is 1. The van der Waals surface area contributed by atoms with Gasteiger partial charge in [-0.05, 0) is 6.92 Å². The number of aromatic nitrogens is 2. The van der Waals surface area contributed by atoms with Crippen molar-refractivity contribution in [3.8, 4) is 0 Å². The van der Waals surface area contributed by atoms with Crippen molar-refractivity contribution < 1.29 is 14.8 Å². The fourth-order valence-electron chi connectivity index (χ4n) is 0.565. The maximum atomic E-state index is 8.30. The second-order valence-electron chi connectivity index (χ2n) is 1.81. The Bertz CT molecular complexity index is 212. The molecule has 0 saturated heterocycles. The van der Waals surface area contributed by atoms with Crippen LogP contribution in [0, 0.1) is 6.92 Å². The number of rotatable bonds is 2. The average molecular weight is 142 g/mol. The van der Waals surface area contributed by atoms with E-state index in [-0.39, 0.29) is 0 Å². The third-order valence-electron chi connectivity index (χ3n) is 0.905. The Morgan fingerprint density at radius 3 is 2.80 bits per heavy atom. The largest absolute Gasteiger partial charge is 0.728 e. The van der Waals surface area contributed by atoms with Crippen LogP contribution in [0.3, 0.4) is 0 Å². The third-order valence-corrected chi connectivity index (χ3v) is 0.905. The van der Waals surface area contributed by atoms with E-state index in [4.69, 9.17) is 10.0 Å². The first-order valence-corrected chi connectivity index (χ1v) is 2.72. The van der Waals surface area contributed by atoms with Crippen LogP contribution in [0.1, 0.15) is 5.69 Å². The minimum absolute atomic E-state index is 0.751. The van der Waals surface area contributed by atoms with Gasteiger partial charge in [0.2, 0.25) is 0 Å². The van der Waals surface area contributed by atoms with Crippen molar-refractivity contribution in [1.82, 2.24) is 9.71 Å². The molecule has 1 heterocycles. The lowest BCUT2D eigenvalue weighted by molar-refractivity contribution is 0.165. The van der Waals surface area contributed by atoms with E-state index in [1.54, 1.807) is 6.92 Å². The third kappa shape index (κ3) is 1.75. The molecule has 2 N–H and O–H groups in total. The summed E-state index contributed by atoms with van der Waals surface area (Å²) in [6.45, 7) is 1.77. The molecule has 0 bridgehead atoms. The zero-order valence-corrected chi connectivity index (χ0v) is 5.43. The van der Waals surface area contributed by atoms with E-state index in [1.807, 2.05) is 0 Å². The van der Waals surface area contributed by atoms with Gasteiger partial charge >= 0.3 is 7.32 Å². The molecule has 1 aromatic rings. The van der Waals surface area contributed by atoms with Crippen molar-refractivity contribution in [2.75, 3.05) is 0 Å². The summed E-state index contributed by atoms with van der Waals surface area (Å²) in [4.78, 5) is 3.79. The highest BCUT2D eigenvalue weighted by molar-refractivity contribution is 6.32. The van der Waals surface area contributed by atoms with Crippen LogP contribution in [0.5, 0.6) is 0 Å². The quantitative estimate of drug-likeness (QED) is 0.497. The number of imidazole rings is 1. The van der Waals surface area contributed by atoms with Crippen LogP contribution in [0.2, 0.25) is 0 Å². The summed E-state index contributed by atoms with van der Waals surface area (Å²) >= 11 is 0. The molecule has 6 heteroatoms. The summed E-state index contributed by atoms with van der Waals surface area (Å²) in [7, 11) is -1.80. The highest BCUT2D eigenvalue weighted by atomic mass is 16.7. The van der Waals surface area contributed by atoms with E-state index >= 15 is 0 Å². The predicted molar refractivity (Wildman–Crippen MR) is 33.7 cm³/mol. The van der Waals surface area contributed by atoms with Crippen LogP contribution in [0.4, 0.5) is 0 Å². The first kappa shape index (κ1) is 7.11. The maximum Gasteiger partial charge on any atom is 0.728 e. The summed E-state index contributed by atoms with van der Waals surface area (Å²) in [6.07, 6.45) is 2.87. The molecule has 1 rings (SSSR count). The molecule has 0 aliphatic carbocycles. The molecular weight excluding hydrogens is 135 g/mol. The Morgan fingerprint density at radius 1 is 1.70 bits per heavy atom. The fraction of sp³-hybridized carbons (Fsp3) is 0.250. The minimum atomic E-state index is -1.80. The molecule has 0 aliphatic heterocycles. The van der Waals surface area contributed by atoms with Crippen molar-refractivity contribution in [3.63, 3.8) is 0 Å². The lowest BCUT2D eigenvalue weighted by Crippen LogP contribution is -2.28. The van der Waals surface area contributed by atoms with Gasteiger partial charge in [-0.15, -0.1) is 0 Å². The SMILES string of the molecule is Cc1cn(OB(O)O)cn1. The predicted octanol–water partition coefficient (Wildman–Crippen LogP) is -1.41. The molecule has 0 amide bonds. The summed E-state index contributed by atoms with van der Waals surface area (Å²) in [5.74, 6) is 0. The summed E-state index contributed by atoms with van der Waals surface area (Å²) in [5.41, 5.74) is 0.751. The monoisotopic (exact) mass is 142 g/mol. The maximum absolute atomic E-state index is 8.30. The van der Waals surface area contributed by atoms with Crippen molar-refractivity contribution in [3.05, 3.63) is 18.2 Å². The molecule has 10 heavy (non-hydrogen) atoms. The van der Waals surface area contributed by atoms with Crippen LogP contribution >= 0.6 is 0 Å². The lowest BCUT2D eigenvalue weighted by Gasteiger charge is -2.01. The Hall–Kier alpha value is -1.01. The van der Waals surface area contributed by atoms with Crippen molar-refractivity contribution >= 4 is 7.32 Å². The van der Waals surface area contributed by atoms with Gasteiger partial charge in [0.25, 0.3) is 0 Å². The van der Waals surface area contributed by atoms with Gasteiger partial charge in [-0.25, -0.2) is 4.98 Å². The molecule has 0 aromatic carbocycles. The molecule has 1 aromatic heterocycles. The first-order chi connectivity index (χ1) is 4.68. The van der Waals surface area contributed by atoms with Gasteiger partial charge in [-0.2, -0.15) is 4.73 Å². The standard InChI is InChI=1S/C4H7BN2O3/c1-4-2-7(3-6-4)10-5(8)9/h2-3,8-9H,1H3. The van der Waals surface area contributed by atoms with Crippen LogP contribution in [-0.2, 0) is 0 Å². The smallest absolute Gasteiger partial charge is 0.420 e. The van der Waals surface area contributed by atoms with Crippen molar-refractivity contribution in [2.45, 2.75) is 6.92 Å². The number of hydrogen-bond donors (Lipinski definition) is 2. The van der Waals surface area contributed by atoms with Crippen LogP contribution in [-0.4, -0.2) is 27.1 Å². The van der Waals surface area contributed by atoms with Crippen LogP contribution in [0.15, 0.2) is 12.5 Å². The lowest BCUT2D eigenvalue weighted by atomic mass is 10.3. The summed E-state index contributed by atoms with van der Waals surface area (Å²) in [6, 6.07) is 0. The van der Waals surface area contributed by atoms with Crippen LogP contribution in [0.25, 0.3) is 0 Å². The summed E-state index contributed by atoms with van der Waals surface area (Å²) in [5, 5.41) is 16.6. The van der Waals surface area contributed by atoms with Gasteiger partial charge < -0.3 is 14.8 Å². The Balaban J connectivity index is 2.58. The van der Waals surface area contributed by atoms with E-state index in [1.165, 1.54) is 12.5 Å².